The maximum Gasteiger partial charge on any atom is 0.239 e. The minimum Gasteiger partial charge on any atom is -0.456 e. The molecule has 0 saturated carbocycles. The van der Waals surface area contributed by atoms with E-state index in [4.69, 9.17) is 16.0 Å². The summed E-state index contributed by atoms with van der Waals surface area (Å²) < 4.78 is 8.03. The summed E-state index contributed by atoms with van der Waals surface area (Å²) in [6, 6.07) is 17.6. The third-order valence-corrected chi connectivity index (χ3v) is 4.96. The number of benzene rings is 2. The number of nitrogens with zero attached hydrogens (tertiary/aromatic N) is 3. The number of rotatable bonds is 6. The summed E-state index contributed by atoms with van der Waals surface area (Å²) in [6.45, 7) is 2.73. The van der Waals surface area contributed by atoms with Gasteiger partial charge in [0.1, 0.15) is 11.3 Å². The lowest BCUT2D eigenvalue weighted by Gasteiger charge is -2.08. The van der Waals surface area contributed by atoms with Crippen molar-refractivity contribution in [1.82, 2.24) is 14.7 Å². The molecule has 154 valence electrons. The van der Waals surface area contributed by atoms with Crippen molar-refractivity contribution in [1.29, 1.82) is 0 Å². The molecule has 30 heavy (non-hydrogen) atoms. The van der Waals surface area contributed by atoms with Gasteiger partial charge in [0.25, 0.3) is 0 Å². The fraction of sp³-hybridized carbons (Fsp3) is 0.217. The van der Waals surface area contributed by atoms with Gasteiger partial charge < -0.3 is 14.6 Å². The van der Waals surface area contributed by atoms with Gasteiger partial charge >= 0.3 is 0 Å². The fourth-order valence-corrected chi connectivity index (χ4v) is 3.66. The monoisotopic (exact) mass is 422 g/mol. The van der Waals surface area contributed by atoms with Gasteiger partial charge in [0, 0.05) is 33.3 Å². The fourth-order valence-electron chi connectivity index (χ4n) is 3.41. The quantitative estimate of drug-likeness (QED) is 0.484. The third kappa shape index (κ3) is 4.40. The molecule has 4 rings (SSSR count). The van der Waals surface area contributed by atoms with Crippen LogP contribution in [0.25, 0.3) is 22.3 Å². The largest absolute Gasteiger partial charge is 0.456 e. The maximum absolute atomic E-state index is 12.0. The van der Waals surface area contributed by atoms with Crippen molar-refractivity contribution in [3.8, 4) is 11.3 Å². The molecule has 0 fully saturated rings. The first-order chi connectivity index (χ1) is 14.4. The van der Waals surface area contributed by atoms with Gasteiger partial charge in [-0.25, -0.2) is 0 Å². The second-order valence-electron chi connectivity index (χ2n) is 7.57. The Hall–Kier alpha value is -3.09. The third-order valence-electron chi connectivity index (χ3n) is 4.74. The van der Waals surface area contributed by atoms with Crippen molar-refractivity contribution < 1.29 is 9.21 Å². The minimum absolute atomic E-state index is 0.103. The second kappa shape index (κ2) is 8.34. The lowest BCUT2D eigenvalue weighted by Crippen LogP contribution is -2.27. The van der Waals surface area contributed by atoms with Crippen LogP contribution >= 0.6 is 11.6 Å². The summed E-state index contributed by atoms with van der Waals surface area (Å²) in [5.41, 5.74) is 3.65. The summed E-state index contributed by atoms with van der Waals surface area (Å²) in [6.07, 6.45) is 0. The Morgan fingerprint density at radius 3 is 2.67 bits per heavy atom. The SMILES string of the molecule is Cc1cc(NC(=O)CN(C)C)nn1Cc1cc(Cl)cc2cc(-c3ccccc3)oc12. The van der Waals surface area contributed by atoms with Gasteiger partial charge in [-0.3, -0.25) is 9.48 Å². The van der Waals surface area contributed by atoms with Crippen LogP contribution in [0.4, 0.5) is 5.82 Å². The number of carbonyl (C=O) groups is 1. The molecule has 4 aromatic rings. The number of halogens is 1. The first kappa shape index (κ1) is 20.2. The smallest absolute Gasteiger partial charge is 0.239 e. The van der Waals surface area contributed by atoms with E-state index < -0.39 is 0 Å². The van der Waals surface area contributed by atoms with E-state index >= 15 is 0 Å². The van der Waals surface area contributed by atoms with Crippen molar-refractivity contribution in [3.63, 3.8) is 0 Å². The molecule has 1 N–H and O–H groups in total. The van der Waals surface area contributed by atoms with E-state index in [0.29, 0.717) is 23.9 Å². The predicted molar refractivity (Wildman–Crippen MR) is 120 cm³/mol. The summed E-state index contributed by atoms with van der Waals surface area (Å²) in [7, 11) is 3.70. The zero-order chi connectivity index (χ0) is 21.3. The Kier molecular flexibility index (Phi) is 5.61. The number of amides is 1. The molecule has 0 aliphatic rings. The molecular formula is C23H23ClN4O2. The van der Waals surface area contributed by atoms with Crippen molar-refractivity contribution in [2.45, 2.75) is 13.5 Å². The average Bonchev–Trinajstić information content (AvgIpc) is 3.25. The van der Waals surface area contributed by atoms with Crippen LogP contribution in [0.1, 0.15) is 11.3 Å². The van der Waals surface area contributed by atoms with Crippen LogP contribution < -0.4 is 5.32 Å². The lowest BCUT2D eigenvalue weighted by atomic mass is 10.1. The van der Waals surface area contributed by atoms with Crippen molar-refractivity contribution in [2.75, 3.05) is 26.0 Å². The zero-order valence-corrected chi connectivity index (χ0v) is 17.9. The normalized spacial score (nSPS) is 11.4. The average molecular weight is 423 g/mol. The van der Waals surface area contributed by atoms with Gasteiger partial charge in [-0.1, -0.05) is 41.9 Å². The van der Waals surface area contributed by atoms with Crippen LogP contribution in [0, 0.1) is 6.92 Å². The zero-order valence-electron chi connectivity index (χ0n) is 17.1. The second-order valence-corrected chi connectivity index (χ2v) is 8.01. The van der Waals surface area contributed by atoms with Crippen LogP contribution in [0.5, 0.6) is 0 Å². The molecule has 0 unspecified atom stereocenters. The molecule has 0 aliphatic heterocycles. The molecule has 0 aliphatic carbocycles. The van der Waals surface area contributed by atoms with E-state index in [1.165, 1.54) is 0 Å². The van der Waals surface area contributed by atoms with Crippen molar-refractivity contribution >= 4 is 34.3 Å². The van der Waals surface area contributed by atoms with E-state index in [1.54, 1.807) is 0 Å². The van der Waals surface area contributed by atoms with Gasteiger partial charge in [0.2, 0.25) is 5.91 Å². The van der Waals surface area contributed by atoms with Gasteiger partial charge in [0.15, 0.2) is 5.82 Å². The first-order valence-electron chi connectivity index (χ1n) is 9.65. The van der Waals surface area contributed by atoms with Gasteiger partial charge in [-0.15, -0.1) is 0 Å². The first-order valence-corrected chi connectivity index (χ1v) is 10.0. The number of carbonyl (C=O) groups excluding carboxylic acids is 1. The molecular weight excluding hydrogens is 400 g/mol. The number of likely N-dealkylation sites (N-methyl/N-ethyl adjacent to an activating group) is 1. The highest BCUT2D eigenvalue weighted by Crippen LogP contribution is 2.32. The van der Waals surface area contributed by atoms with Crippen LogP contribution in [0.15, 0.2) is 59.0 Å². The molecule has 0 bridgehead atoms. The summed E-state index contributed by atoms with van der Waals surface area (Å²) in [5, 5.41) is 8.95. The lowest BCUT2D eigenvalue weighted by molar-refractivity contribution is -0.116. The highest BCUT2D eigenvalue weighted by atomic mass is 35.5. The standard InChI is InChI=1S/C23H23ClN4O2/c1-15-9-21(25-22(29)14-27(2)3)26-28(15)13-18-11-19(24)10-17-12-20(30-23(17)18)16-7-5-4-6-8-16/h4-12H,13-14H2,1-3H3,(H,25,26,29). The van der Waals surface area contributed by atoms with Gasteiger partial charge in [0.05, 0.1) is 13.1 Å². The van der Waals surface area contributed by atoms with E-state index in [2.05, 4.69) is 10.4 Å². The summed E-state index contributed by atoms with van der Waals surface area (Å²) in [4.78, 5) is 13.8. The number of fused-ring (bicyclic) bond motifs is 1. The van der Waals surface area contributed by atoms with Crippen molar-refractivity contribution in [3.05, 3.63) is 70.9 Å². The molecule has 0 saturated heterocycles. The van der Waals surface area contributed by atoms with E-state index in [1.807, 2.05) is 85.2 Å². The van der Waals surface area contributed by atoms with E-state index in [0.717, 1.165) is 33.6 Å². The molecule has 2 heterocycles. The summed E-state index contributed by atoms with van der Waals surface area (Å²) >= 11 is 6.37. The minimum atomic E-state index is -0.103. The molecule has 0 atom stereocenters. The topological polar surface area (TPSA) is 63.3 Å². The Balaban J connectivity index is 1.64. The molecule has 7 heteroatoms. The van der Waals surface area contributed by atoms with Gasteiger partial charge in [-0.2, -0.15) is 5.10 Å². The molecule has 2 aromatic heterocycles. The molecule has 0 spiro atoms. The number of aryl methyl sites for hydroxylation is 1. The molecule has 6 nitrogen and oxygen atoms in total. The number of aromatic nitrogens is 2. The number of hydrogen-bond acceptors (Lipinski definition) is 4. The maximum atomic E-state index is 12.0. The Morgan fingerprint density at radius 2 is 1.93 bits per heavy atom. The molecule has 2 aromatic carbocycles. The Bertz CT molecular complexity index is 1190. The van der Waals surface area contributed by atoms with Crippen LogP contribution in [-0.4, -0.2) is 41.2 Å². The van der Waals surface area contributed by atoms with Crippen LogP contribution in [0.2, 0.25) is 5.02 Å². The summed E-state index contributed by atoms with van der Waals surface area (Å²) in [5.74, 6) is 1.22. The highest BCUT2D eigenvalue weighted by Gasteiger charge is 2.14. The van der Waals surface area contributed by atoms with Crippen molar-refractivity contribution in [2.24, 2.45) is 0 Å². The molecule has 1 amide bonds. The number of nitrogens with one attached hydrogen (secondary N) is 1. The number of hydrogen-bond donors (Lipinski definition) is 1. The number of furan rings is 1. The van der Waals surface area contributed by atoms with Crippen LogP contribution in [0.3, 0.4) is 0 Å². The van der Waals surface area contributed by atoms with Gasteiger partial charge in [-0.05, 0) is 39.2 Å². The Morgan fingerprint density at radius 1 is 1.17 bits per heavy atom. The predicted octanol–water partition coefficient (Wildman–Crippen LogP) is 4.81. The Labute approximate surface area is 180 Å². The van der Waals surface area contributed by atoms with E-state index in [-0.39, 0.29) is 5.91 Å². The van der Waals surface area contributed by atoms with Crippen LogP contribution in [-0.2, 0) is 11.3 Å². The number of anilines is 1. The molecule has 0 radical (unpaired) electrons. The highest BCUT2D eigenvalue weighted by molar-refractivity contribution is 6.31. The van der Waals surface area contributed by atoms with E-state index in [9.17, 15) is 4.79 Å².